The summed E-state index contributed by atoms with van der Waals surface area (Å²) in [4.78, 5) is 22.4. The van der Waals surface area contributed by atoms with Gasteiger partial charge < -0.3 is 14.5 Å². The van der Waals surface area contributed by atoms with E-state index >= 15 is 0 Å². The maximum Gasteiger partial charge on any atom is 0.225 e. The number of H-pyrrole nitrogens is 1. The highest BCUT2D eigenvalue weighted by atomic mass is 16.2. The van der Waals surface area contributed by atoms with Crippen molar-refractivity contribution >= 4 is 16.8 Å². The van der Waals surface area contributed by atoms with E-state index in [0.29, 0.717) is 17.7 Å². The van der Waals surface area contributed by atoms with Gasteiger partial charge >= 0.3 is 0 Å². The molecule has 0 radical (unpaired) electrons. The van der Waals surface area contributed by atoms with E-state index in [0.717, 1.165) is 55.8 Å². The summed E-state index contributed by atoms with van der Waals surface area (Å²) in [6, 6.07) is 17.3. The van der Waals surface area contributed by atoms with E-state index in [1.165, 1.54) is 16.5 Å². The molecule has 3 heterocycles. The van der Waals surface area contributed by atoms with Gasteiger partial charge in [-0.15, -0.1) is 0 Å². The van der Waals surface area contributed by atoms with E-state index in [2.05, 4.69) is 74.2 Å². The quantitative estimate of drug-likeness (QED) is 0.506. The standard InChI is InChI=1S/C26H26N4O/c31-26(22-6-7-22)30-13-10-18(17-30)16-29-14-12-28-25(29)21-4-1-19(2-5-21)23-8-3-20-9-11-27-24(20)15-23/h1-5,8-9,11-12,14-15,18,22,27H,6-7,10,13,16-17H2/t18-/m0/s1. The number of amides is 1. The fourth-order valence-electron chi connectivity index (χ4n) is 4.80. The molecule has 1 saturated heterocycles. The van der Waals surface area contributed by atoms with E-state index < -0.39 is 0 Å². The summed E-state index contributed by atoms with van der Waals surface area (Å²) in [7, 11) is 0. The average molecular weight is 411 g/mol. The summed E-state index contributed by atoms with van der Waals surface area (Å²) in [6.07, 6.45) is 9.17. The van der Waals surface area contributed by atoms with Gasteiger partial charge in [-0.3, -0.25) is 4.79 Å². The van der Waals surface area contributed by atoms with Crippen LogP contribution in [0.5, 0.6) is 0 Å². The number of hydrogen-bond donors (Lipinski definition) is 1. The normalized spacial score (nSPS) is 18.7. The molecule has 0 unspecified atom stereocenters. The Labute approximate surface area is 181 Å². The van der Waals surface area contributed by atoms with Crippen LogP contribution in [0.2, 0.25) is 0 Å². The SMILES string of the molecule is O=C(C1CC1)N1CC[C@@H](Cn2ccnc2-c2ccc(-c3ccc4cc[nH]c4c3)cc2)C1. The van der Waals surface area contributed by atoms with Crippen LogP contribution in [0, 0.1) is 11.8 Å². The smallest absolute Gasteiger partial charge is 0.225 e. The molecule has 1 saturated carbocycles. The van der Waals surface area contributed by atoms with Crippen molar-refractivity contribution in [3.63, 3.8) is 0 Å². The van der Waals surface area contributed by atoms with Crippen molar-refractivity contribution in [3.8, 4) is 22.5 Å². The Balaban J connectivity index is 1.18. The number of aromatic nitrogens is 3. The monoisotopic (exact) mass is 410 g/mol. The van der Waals surface area contributed by atoms with Crippen molar-refractivity contribution in [3.05, 3.63) is 67.1 Å². The molecule has 1 aliphatic heterocycles. The number of aromatic amines is 1. The molecule has 156 valence electrons. The minimum Gasteiger partial charge on any atom is -0.361 e. The minimum atomic E-state index is 0.318. The Morgan fingerprint density at radius 2 is 1.81 bits per heavy atom. The predicted molar refractivity (Wildman–Crippen MR) is 122 cm³/mol. The van der Waals surface area contributed by atoms with Gasteiger partial charge in [0, 0.05) is 55.2 Å². The first-order valence-electron chi connectivity index (χ1n) is 11.2. The van der Waals surface area contributed by atoms with Crippen LogP contribution in [0.15, 0.2) is 67.1 Å². The molecule has 1 aliphatic carbocycles. The first-order valence-corrected chi connectivity index (χ1v) is 11.2. The number of hydrogen-bond acceptors (Lipinski definition) is 2. The Morgan fingerprint density at radius 3 is 2.65 bits per heavy atom. The topological polar surface area (TPSA) is 53.9 Å². The molecule has 2 fully saturated rings. The molecule has 2 aromatic carbocycles. The fraction of sp³-hybridized carbons (Fsp3) is 0.308. The van der Waals surface area contributed by atoms with E-state index in [-0.39, 0.29) is 0 Å². The third kappa shape index (κ3) is 3.54. The number of carbonyl (C=O) groups is 1. The second-order valence-corrected chi connectivity index (χ2v) is 8.97. The van der Waals surface area contributed by atoms with E-state index in [9.17, 15) is 4.79 Å². The first kappa shape index (κ1) is 18.4. The number of imidazole rings is 1. The number of likely N-dealkylation sites (tertiary alicyclic amines) is 1. The van der Waals surface area contributed by atoms with Gasteiger partial charge in [-0.2, -0.15) is 0 Å². The Kier molecular flexibility index (Phi) is 4.41. The van der Waals surface area contributed by atoms with E-state index in [1.54, 1.807) is 0 Å². The zero-order valence-corrected chi connectivity index (χ0v) is 17.5. The molecule has 5 nitrogen and oxygen atoms in total. The van der Waals surface area contributed by atoms with Gasteiger partial charge in [0.1, 0.15) is 5.82 Å². The summed E-state index contributed by atoms with van der Waals surface area (Å²) >= 11 is 0. The summed E-state index contributed by atoms with van der Waals surface area (Å²) in [5.74, 6) is 2.20. The van der Waals surface area contributed by atoms with E-state index in [4.69, 9.17) is 0 Å². The Hall–Kier alpha value is -3.34. The first-order chi connectivity index (χ1) is 15.2. The third-order valence-corrected chi connectivity index (χ3v) is 6.73. The fourth-order valence-corrected chi connectivity index (χ4v) is 4.80. The third-order valence-electron chi connectivity index (χ3n) is 6.73. The van der Waals surface area contributed by atoms with E-state index in [1.807, 2.05) is 12.4 Å². The number of rotatable bonds is 5. The highest BCUT2D eigenvalue weighted by Gasteiger charge is 2.36. The molecule has 2 aromatic heterocycles. The summed E-state index contributed by atoms with van der Waals surface area (Å²) in [5, 5.41) is 1.23. The zero-order valence-electron chi connectivity index (χ0n) is 17.5. The van der Waals surface area contributed by atoms with Gasteiger partial charge in [0.05, 0.1) is 0 Å². The number of carbonyl (C=O) groups excluding carboxylic acids is 1. The van der Waals surface area contributed by atoms with Crippen LogP contribution in [0.1, 0.15) is 19.3 Å². The number of nitrogens with zero attached hydrogens (tertiary/aromatic N) is 3. The molecular weight excluding hydrogens is 384 g/mol. The predicted octanol–water partition coefficient (Wildman–Crippen LogP) is 4.96. The summed E-state index contributed by atoms with van der Waals surface area (Å²) in [6.45, 7) is 2.70. The number of fused-ring (bicyclic) bond motifs is 1. The lowest BCUT2D eigenvalue weighted by Crippen LogP contribution is -2.30. The Bertz CT molecular complexity index is 1230. The summed E-state index contributed by atoms with van der Waals surface area (Å²) in [5.41, 5.74) is 4.68. The highest BCUT2D eigenvalue weighted by Crippen LogP contribution is 2.33. The van der Waals surface area contributed by atoms with Crippen LogP contribution >= 0.6 is 0 Å². The molecule has 1 N–H and O–H groups in total. The lowest BCUT2D eigenvalue weighted by atomic mass is 10.0. The average Bonchev–Trinajstić information content (AvgIpc) is 3.17. The molecule has 0 spiro atoms. The highest BCUT2D eigenvalue weighted by molar-refractivity contribution is 5.85. The van der Waals surface area contributed by atoms with Gasteiger partial charge in [0.2, 0.25) is 5.91 Å². The summed E-state index contributed by atoms with van der Waals surface area (Å²) < 4.78 is 2.25. The molecule has 5 heteroatoms. The maximum absolute atomic E-state index is 12.4. The zero-order chi connectivity index (χ0) is 20.8. The van der Waals surface area contributed by atoms with Gasteiger partial charge in [0.25, 0.3) is 0 Å². The lowest BCUT2D eigenvalue weighted by molar-refractivity contribution is -0.131. The van der Waals surface area contributed by atoms with Crippen LogP contribution < -0.4 is 0 Å². The lowest BCUT2D eigenvalue weighted by Gasteiger charge is -2.17. The molecule has 2 aliphatic rings. The van der Waals surface area contributed by atoms with Crippen molar-refractivity contribution in [2.75, 3.05) is 13.1 Å². The second kappa shape index (κ2) is 7.41. The van der Waals surface area contributed by atoms with Gasteiger partial charge in [-0.05, 0) is 53.8 Å². The van der Waals surface area contributed by atoms with Crippen molar-refractivity contribution in [1.29, 1.82) is 0 Å². The molecule has 1 amide bonds. The van der Waals surface area contributed by atoms with Crippen LogP contribution in [0.25, 0.3) is 33.4 Å². The molecule has 4 aromatic rings. The molecule has 0 bridgehead atoms. The molecule has 31 heavy (non-hydrogen) atoms. The van der Waals surface area contributed by atoms with Gasteiger partial charge in [-0.25, -0.2) is 4.98 Å². The van der Waals surface area contributed by atoms with Crippen molar-refractivity contribution in [1.82, 2.24) is 19.4 Å². The maximum atomic E-state index is 12.4. The van der Waals surface area contributed by atoms with Gasteiger partial charge in [0.15, 0.2) is 0 Å². The van der Waals surface area contributed by atoms with Crippen LogP contribution in [-0.2, 0) is 11.3 Å². The van der Waals surface area contributed by atoms with Crippen LogP contribution in [0.3, 0.4) is 0 Å². The minimum absolute atomic E-state index is 0.318. The van der Waals surface area contributed by atoms with Crippen molar-refractivity contribution in [2.24, 2.45) is 11.8 Å². The number of benzene rings is 2. The van der Waals surface area contributed by atoms with Crippen LogP contribution in [-0.4, -0.2) is 38.4 Å². The number of nitrogens with one attached hydrogen (secondary N) is 1. The van der Waals surface area contributed by atoms with Crippen LogP contribution in [0.4, 0.5) is 0 Å². The molecular formula is C26H26N4O. The van der Waals surface area contributed by atoms with Crippen molar-refractivity contribution < 1.29 is 4.79 Å². The van der Waals surface area contributed by atoms with Gasteiger partial charge in [-0.1, -0.05) is 36.4 Å². The molecule has 1 atom stereocenters. The van der Waals surface area contributed by atoms with Crippen molar-refractivity contribution in [2.45, 2.75) is 25.8 Å². The largest absolute Gasteiger partial charge is 0.361 e. The molecule has 6 rings (SSSR count). The second-order valence-electron chi connectivity index (χ2n) is 8.97. The Morgan fingerprint density at radius 1 is 1.00 bits per heavy atom.